The summed E-state index contributed by atoms with van der Waals surface area (Å²) in [4.78, 5) is 50.5. The van der Waals surface area contributed by atoms with Crippen molar-refractivity contribution in [3.8, 4) is 11.5 Å². The SMILES string of the molecule is CCOC(=O)c1nn(C(OC(=O)OC(C)C)C(C)C)nc1C(=O)c1cc(OC(C)C)c(OC)cc1[N+](=O)[O-]. The van der Waals surface area contributed by atoms with E-state index in [4.69, 9.17) is 23.7 Å². The molecular weight excluding hydrogens is 504 g/mol. The van der Waals surface area contributed by atoms with Gasteiger partial charge in [-0.25, -0.2) is 9.59 Å². The Hall–Kier alpha value is -4.23. The van der Waals surface area contributed by atoms with Gasteiger partial charge in [-0.15, -0.1) is 15.0 Å². The van der Waals surface area contributed by atoms with Gasteiger partial charge in [0.1, 0.15) is 5.56 Å². The summed E-state index contributed by atoms with van der Waals surface area (Å²) in [7, 11) is 1.30. The number of methoxy groups -OCH3 is 1. The number of nitro groups is 1. The summed E-state index contributed by atoms with van der Waals surface area (Å²) in [5.74, 6) is -2.32. The van der Waals surface area contributed by atoms with Crippen LogP contribution in [0.3, 0.4) is 0 Å². The van der Waals surface area contributed by atoms with Gasteiger partial charge in [0.2, 0.25) is 17.7 Å². The number of carbonyl (C=O) groups excluding carboxylic acids is 3. The van der Waals surface area contributed by atoms with Crippen molar-refractivity contribution < 1.29 is 43.0 Å². The lowest BCUT2D eigenvalue weighted by Gasteiger charge is -2.20. The minimum absolute atomic E-state index is 0.0353. The fourth-order valence-electron chi connectivity index (χ4n) is 3.21. The second-order valence-electron chi connectivity index (χ2n) is 8.88. The van der Waals surface area contributed by atoms with E-state index in [-0.39, 0.29) is 24.2 Å². The molecule has 0 amide bonds. The lowest BCUT2D eigenvalue weighted by Crippen LogP contribution is -2.26. The summed E-state index contributed by atoms with van der Waals surface area (Å²) in [6.45, 7) is 11.6. The molecule has 0 radical (unpaired) electrons. The highest BCUT2D eigenvalue weighted by Gasteiger charge is 2.35. The van der Waals surface area contributed by atoms with Crippen LogP contribution in [0.4, 0.5) is 10.5 Å². The molecule has 1 atom stereocenters. The Morgan fingerprint density at radius 3 is 2.11 bits per heavy atom. The third kappa shape index (κ3) is 7.17. The molecule has 1 heterocycles. The van der Waals surface area contributed by atoms with Gasteiger partial charge >= 0.3 is 12.1 Å². The number of rotatable bonds is 12. The zero-order valence-corrected chi connectivity index (χ0v) is 22.5. The lowest BCUT2D eigenvalue weighted by atomic mass is 10.0. The number of ether oxygens (including phenoxy) is 5. The minimum atomic E-state index is -1.18. The molecule has 1 unspecified atom stereocenters. The summed E-state index contributed by atoms with van der Waals surface area (Å²) in [5.41, 5.74) is -2.09. The van der Waals surface area contributed by atoms with E-state index < -0.39 is 63.7 Å². The first kappa shape index (κ1) is 30.0. The Bertz CT molecular complexity index is 1190. The highest BCUT2D eigenvalue weighted by atomic mass is 16.7. The predicted molar refractivity (Wildman–Crippen MR) is 131 cm³/mol. The fourth-order valence-corrected chi connectivity index (χ4v) is 3.21. The van der Waals surface area contributed by atoms with Gasteiger partial charge in [0.25, 0.3) is 5.69 Å². The molecule has 14 heteroatoms. The normalized spacial score (nSPS) is 11.9. The molecule has 0 saturated carbocycles. The molecule has 0 N–H and O–H groups in total. The van der Waals surface area contributed by atoms with Crippen molar-refractivity contribution in [2.75, 3.05) is 13.7 Å². The molecule has 0 saturated heterocycles. The third-order valence-electron chi connectivity index (χ3n) is 4.75. The molecule has 1 aromatic carbocycles. The Morgan fingerprint density at radius 2 is 1.61 bits per heavy atom. The lowest BCUT2D eigenvalue weighted by molar-refractivity contribution is -0.385. The number of ketones is 1. The zero-order valence-electron chi connectivity index (χ0n) is 22.5. The maximum Gasteiger partial charge on any atom is 0.510 e. The second kappa shape index (κ2) is 12.8. The largest absolute Gasteiger partial charge is 0.510 e. The molecule has 0 aliphatic heterocycles. The van der Waals surface area contributed by atoms with Crippen molar-refractivity contribution in [2.45, 2.75) is 66.9 Å². The van der Waals surface area contributed by atoms with E-state index in [0.717, 1.165) is 16.9 Å². The van der Waals surface area contributed by atoms with Crippen molar-refractivity contribution in [1.29, 1.82) is 0 Å². The number of benzene rings is 1. The van der Waals surface area contributed by atoms with Gasteiger partial charge < -0.3 is 23.7 Å². The number of carbonyl (C=O) groups is 3. The van der Waals surface area contributed by atoms with Gasteiger partial charge in [0.15, 0.2) is 17.2 Å². The molecule has 38 heavy (non-hydrogen) atoms. The van der Waals surface area contributed by atoms with E-state index in [9.17, 15) is 24.5 Å². The first-order valence-electron chi connectivity index (χ1n) is 11.9. The van der Waals surface area contributed by atoms with Crippen LogP contribution in [0.25, 0.3) is 0 Å². The minimum Gasteiger partial charge on any atom is -0.493 e. The van der Waals surface area contributed by atoms with Crippen molar-refractivity contribution in [1.82, 2.24) is 15.0 Å². The average Bonchev–Trinajstić information content (AvgIpc) is 3.26. The van der Waals surface area contributed by atoms with Gasteiger partial charge in [-0.05, 0) is 34.6 Å². The highest BCUT2D eigenvalue weighted by molar-refractivity contribution is 6.14. The maximum atomic E-state index is 13.7. The van der Waals surface area contributed by atoms with Crippen molar-refractivity contribution in [2.24, 2.45) is 5.92 Å². The molecule has 1 aromatic heterocycles. The smallest absolute Gasteiger partial charge is 0.493 e. The van der Waals surface area contributed by atoms with E-state index >= 15 is 0 Å². The monoisotopic (exact) mass is 536 g/mol. The molecule has 208 valence electrons. The molecule has 0 aliphatic carbocycles. The summed E-state index contributed by atoms with van der Waals surface area (Å²) >= 11 is 0. The standard InChI is InChI=1S/C24H32N4O10/c1-9-35-23(30)20-19(25-27(26-20)22(12(2)3)38-24(31)37-14(6)7)21(29)15-10-18(36-13(4)5)17(34-8)11-16(15)28(32)33/h10-14,22H,9H2,1-8H3. The summed E-state index contributed by atoms with van der Waals surface area (Å²) in [5, 5.41) is 20.0. The van der Waals surface area contributed by atoms with Gasteiger partial charge in [-0.1, -0.05) is 13.8 Å². The topological polar surface area (TPSA) is 171 Å². The summed E-state index contributed by atoms with van der Waals surface area (Å²) < 4.78 is 26.2. The zero-order chi connectivity index (χ0) is 28.7. The molecular formula is C24H32N4O10. The Balaban J connectivity index is 2.70. The van der Waals surface area contributed by atoms with E-state index in [0.29, 0.717) is 0 Å². The van der Waals surface area contributed by atoms with Gasteiger partial charge in [0, 0.05) is 12.0 Å². The quantitative estimate of drug-likeness (QED) is 0.165. The van der Waals surface area contributed by atoms with E-state index in [1.54, 1.807) is 48.5 Å². The molecule has 0 bridgehead atoms. The van der Waals surface area contributed by atoms with Gasteiger partial charge in [0.05, 0.1) is 36.9 Å². The number of nitrogens with zero attached hydrogens (tertiary/aromatic N) is 4. The van der Waals surface area contributed by atoms with Crippen LogP contribution in [0.2, 0.25) is 0 Å². The van der Waals surface area contributed by atoms with Crippen LogP contribution in [0.1, 0.15) is 81.2 Å². The molecule has 2 rings (SSSR count). The second-order valence-corrected chi connectivity index (χ2v) is 8.88. The number of hydrogen-bond acceptors (Lipinski definition) is 12. The highest BCUT2D eigenvalue weighted by Crippen LogP contribution is 2.36. The molecule has 0 spiro atoms. The van der Waals surface area contributed by atoms with E-state index in [1.165, 1.54) is 7.11 Å². The van der Waals surface area contributed by atoms with E-state index in [2.05, 4.69) is 10.2 Å². The van der Waals surface area contributed by atoms with Crippen molar-refractivity contribution in [3.63, 3.8) is 0 Å². The fraction of sp³-hybridized carbons (Fsp3) is 0.542. The maximum absolute atomic E-state index is 13.7. The van der Waals surface area contributed by atoms with Crippen LogP contribution in [0, 0.1) is 16.0 Å². The molecule has 0 fully saturated rings. The van der Waals surface area contributed by atoms with Crippen molar-refractivity contribution >= 4 is 23.6 Å². The molecule has 0 aliphatic rings. The van der Waals surface area contributed by atoms with Gasteiger partial charge in [-0.3, -0.25) is 14.9 Å². The predicted octanol–water partition coefficient (Wildman–Crippen LogP) is 4.11. The number of hydrogen-bond donors (Lipinski definition) is 0. The molecule has 2 aromatic rings. The van der Waals surface area contributed by atoms with Crippen LogP contribution in [0.5, 0.6) is 11.5 Å². The van der Waals surface area contributed by atoms with Crippen LogP contribution in [-0.4, -0.2) is 63.7 Å². The van der Waals surface area contributed by atoms with Crippen molar-refractivity contribution in [3.05, 3.63) is 39.2 Å². The van der Waals surface area contributed by atoms with E-state index in [1.807, 2.05) is 0 Å². The number of aromatic nitrogens is 3. The Kier molecular flexibility index (Phi) is 10.1. The Labute approximate surface area is 219 Å². The first-order valence-corrected chi connectivity index (χ1v) is 11.9. The van der Waals surface area contributed by atoms with Crippen LogP contribution >= 0.6 is 0 Å². The first-order chi connectivity index (χ1) is 17.8. The van der Waals surface area contributed by atoms with Gasteiger partial charge in [-0.2, -0.15) is 0 Å². The Morgan fingerprint density at radius 1 is 0.974 bits per heavy atom. The molecule has 14 nitrogen and oxygen atoms in total. The summed E-state index contributed by atoms with van der Waals surface area (Å²) in [6.07, 6.45) is -3.01. The third-order valence-corrected chi connectivity index (χ3v) is 4.75. The van der Waals surface area contributed by atoms with Crippen LogP contribution in [0.15, 0.2) is 12.1 Å². The number of esters is 1. The average molecular weight is 537 g/mol. The number of nitro benzene ring substituents is 1. The van der Waals surface area contributed by atoms with Crippen LogP contribution in [-0.2, 0) is 14.2 Å². The summed E-state index contributed by atoms with van der Waals surface area (Å²) in [6, 6.07) is 2.19. The van der Waals surface area contributed by atoms with Crippen LogP contribution < -0.4 is 9.47 Å².